The number of amides is 1. The molecule has 1 N–H and O–H groups in total. The highest BCUT2D eigenvalue weighted by Crippen LogP contribution is 2.22. The third-order valence-electron chi connectivity index (χ3n) is 2.27. The van der Waals surface area contributed by atoms with Crippen LogP contribution < -0.4 is 5.32 Å². The molecule has 0 aliphatic carbocycles. The Kier molecular flexibility index (Phi) is 3.66. The number of hydrogen-bond acceptors (Lipinski definition) is 7. The smallest absolute Gasteiger partial charge is 0.361 e. The van der Waals surface area contributed by atoms with E-state index in [0.29, 0.717) is 0 Å². The Morgan fingerprint density at radius 3 is 2.68 bits per heavy atom. The van der Waals surface area contributed by atoms with Crippen molar-refractivity contribution >= 4 is 29.2 Å². The maximum absolute atomic E-state index is 11.9. The van der Waals surface area contributed by atoms with Crippen LogP contribution >= 0.6 is 11.5 Å². The van der Waals surface area contributed by atoms with Crippen LogP contribution in [0.15, 0.2) is 5.38 Å². The molecule has 1 aromatic heterocycles. The summed E-state index contributed by atoms with van der Waals surface area (Å²) >= 11 is 1.05. The van der Waals surface area contributed by atoms with Crippen molar-refractivity contribution in [1.82, 2.24) is 14.7 Å². The van der Waals surface area contributed by atoms with Gasteiger partial charge >= 0.3 is 12.1 Å². The van der Waals surface area contributed by atoms with Crippen LogP contribution in [0.5, 0.6) is 0 Å². The number of rotatable bonds is 3. The van der Waals surface area contributed by atoms with Gasteiger partial charge in [0.1, 0.15) is 0 Å². The van der Waals surface area contributed by atoms with Gasteiger partial charge in [-0.25, -0.2) is 4.79 Å². The van der Waals surface area contributed by atoms with Crippen molar-refractivity contribution in [2.75, 3.05) is 18.4 Å². The van der Waals surface area contributed by atoms with E-state index in [0.717, 1.165) is 16.6 Å². The van der Waals surface area contributed by atoms with Crippen LogP contribution in [-0.2, 0) is 14.4 Å². The predicted molar refractivity (Wildman–Crippen MR) is 55.7 cm³/mol. The summed E-state index contributed by atoms with van der Waals surface area (Å²) < 4.78 is 39.2. The van der Waals surface area contributed by atoms with Gasteiger partial charge in [-0.2, -0.15) is 13.2 Å². The average molecular weight is 296 g/mol. The lowest BCUT2D eigenvalue weighted by atomic mass is 10.0. The van der Waals surface area contributed by atoms with Crippen molar-refractivity contribution in [3.05, 3.63) is 5.38 Å². The van der Waals surface area contributed by atoms with Crippen LogP contribution in [0.4, 0.5) is 19.0 Å². The molecule has 0 unspecified atom stereocenters. The number of hydrogen-bond donors (Lipinski definition) is 1. The number of anilines is 1. The number of carbonyl (C=O) groups is 2. The summed E-state index contributed by atoms with van der Waals surface area (Å²) in [4.78, 5) is 26.1. The van der Waals surface area contributed by atoms with E-state index in [2.05, 4.69) is 19.7 Å². The molecule has 1 fully saturated rings. The van der Waals surface area contributed by atoms with Crippen LogP contribution in [0.1, 0.15) is 0 Å². The molecule has 19 heavy (non-hydrogen) atoms. The van der Waals surface area contributed by atoms with E-state index in [1.807, 2.05) is 0 Å². The zero-order valence-corrected chi connectivity index (χ0v) is 9.99. The van der Waals surface area contributed by atoms with Crippen molar-refractivity contribution in [3.8, 4) is 0 Å². The molecular weight excluding hydrogens is 289 g/mol. The lowest BCUT2D eigenvalue weighted by Crippen LogP contribution is -2.53. The fourth-order valence-electron chi connectivity index (χ4n) is 1.29. The summed E-state index contributed by atoms with van der Waals surface area (Å²) in [5.41, 5.74) is 0. The minimum atomic E-state index is -5.04. The van der Waals surface area contributed by atoms with Crippen LogP contribution in [0, 0.1) is 5.92 Å². The maximum Gasteiger partial charge on any atom is 0.492 e. The number of hydroxylamine groups is 2. The minimum Gasteiger partial charge on any atom is -0.361 e. The van der Waals surface area contributed by atoms with Crippen LogP contribution in [0.3, 0.4) is 0 Å². The van der Waals surface area contributed by atoms with E-state index in [4.69, 9.17) is 0 Å². The Morgan fingerprint density at radius 2 is 2.16 bits per heavy atom. The Balaban J connectivity index is 1.74. The van der Waals surface area contributed by atoms with Crippen molar-refractivity contribution in [1.29, 1.82) is 0 Å². The van der Waals surface area contributed by atoms with Gasteiger partial charge in [0, 0.05) is 13.1 Å². The second-order valence-electron chi connectivity index (χ2n) is 3.70. The molecule has 104 valence electrons. The van der Waals surface area contributed by atoms with Crippen molar-refractivity contribution in [2.24, 2.45) is 5.92 Å². The normalized spacial score (nSPS) is 16.8. The van der Waals surface area contributed by atoms with E-state index < -0.39 is 24.0 Å². The summed E-state index contributed by atoms with van der Waals surface area (Å²) in [5.74, 6) is -2.98. The van der Waals surface area contributed by atoms with Gasteiger partial charge in [0.2, 0.25) is 5.91 Å². The average Bonchev–Trinajstić information content (AvgIpc) is 2.73. The highest BCUT2D eigenvalue weighted by Gasteiger charge is 2.45. The Bertz CT molecular complexity index is 472. The number of aromatic nitrogens is 2. The van der Waals surface area contributed by atoms with Crippen molar-refractivity contribution in [3.63, 3.8) is 0 Å². The second-order valence-corrected chi connectivity index (χ2v) is 4.31. The molecule has 2 heterocycles. The molecule has 0 atom stereocenters. The van der Waals surface area contributed by atoms with E-state index in [-0.39, 0.29) is 18.9 Å². The number of halogens is 3. The number of nitrogens with one attached hydrogen (secondary N) is 1. The number of carbonyl (C=O) groups excluding carboxylic acids is 2. The third kappa shape index (κ3) is 3.38. The highest BCUT2D eigenvalue weighted by molar-refractivity contribution is 7.03. The fourth-order valence-corrected chi connectivity index (χ4v) is 1.68. The number of alkyl halides is 3. The van der Waals surface area contributed by atoms with E-state index in [9.17, 15) is 22.8 Å². The van der Waals surface area contributed by atoms with Gasteiger partial charge in [-0.05, 0) is 11.5 Å². The molecule has 1 aliphatic rings. The van der Waals surface area contributed by atoms with Gasteiger partial charge in [-0.15, -0.1) is 10.2 Å². The van der Waals surface area contributed by atoms with Gasteiger partial charge < -0.3 is 10.2 Å². The summed E-state index contributed by atoms with van der Waals surface area (Å²) in [6, 6.07) is 0. The van der Waals surface area contributed by atoms with Crippen LogP contribution in [0.2, 0.25) is 0 Å². The molecule has 1 saturated heterocycles. The number of nitrogens with zero attached hydrogens (tertiary/aromatic N) is 3. The quantitative estimate of drug-likeness (QED) is 0.870. The standard InChI is InChI=1S/C8H7F3N4O3S/c9-8(10,11)7(17)18-15-1-4(2-15)6(16)12-5-3-19-14-13-5/h3-4H,1-2H2,(H,12,16). The summed E-state index contributed by atoms with van der Waals surface area (Å²) in [6.07, 6.45) is -5.04. The minimum absolute atomic E-state index is 0.0920. The zero-order valence-electron chi connectivity index (χ0n) is 9.18. The Labute approximate surface area is 108 Å². The third-order valence-corrected chi connectivity index (χ3v) is 2.78. The molecule has 7 nitrogen and oxygen atoms in total. The maximum atomic E-state index is 11.9. The first-order valence-electron chi connectivity index (χ1n) is 4.98. The summed E-state index contributed by atoms with van der Waals surface area (Å²) in [7, 11) is 0. The molecule has 1 amide bonds. The van der Waals surface area contributed by atoms with E-state index in [1.165, 1.54) is 5.38 Å². The van der Waals surface area contributed by atoms with Gasteiger partial charge in [0.25, 0.3) is 0 Å². The molecular formula is C8H7F3N4O3S. The fraction of sp³-hybridized carbons (Fsp3) is 0.500. The molecule has 1 aromatic rings. The first kappa shape index (κ1) is 13.7. The van der Waals surface area contributed by atoms with Crippen molar-refractivity contribution in [2.45, 2.75) is 6.18 Å². The van der Waals surface area contributed by atoms with Gasteiger partial charge in [-0.3, -0.25) is 4.79 Å². The summed E-state index contributed by atoms with van der Waals surface area (Å²) in [5, 5.41) is 8.31. The lowest BCUT2D eigenvalue weighted by Gasteiger charge is -2.35. The van der Waals surface area contributed by atoms with E-state index >= 15 is 0 Å². The van der Waals surface area contributed by atoms with Crippen molar-refractivity contribution < 1.29 is 27.6 Å². The molecule has 0 aromatic carbocycles. The van der Waals surface area contributed by atoms with Crippen LogP contribution in [0.25, 0.3) is 0 Å². The van der Waals surface area contributed by atoms with E-state index in [1.54, 1.807) is 0 Å². The van der Waals surface area contributed by atoms with Gasteiger partial charge in [-0.1, -0.05) is 4.49 Å². The molecule has 0 radical (unpaired) electrons. The molecule has 2 rings (SSSR count). The van der Waals surface area contributed by atoms with Gasteiger partial charge in [0.15, 0.2) is 5.82 Å². The molecule has 0 saturated carbocycles. The highest BCUT2D eigenvalue weighted by atomic mass is 32.1. The Morgan fingerprint density at radius 1 is 1.47 bits per heavy atom. The lowest BCUT2D eigenvalue weighted by molar-refractivity contribution is -0.256. The first-order chi connectivity index (χ1) is 8.86. The monoisotopic (exact) mass is 296 g/mol. The summed E-state index contributed by atoms with van der Waals surface area (Å²) in [6.45, 7) is -0.184. The van der Waals surface area contributed by atoms with Gasteiger partial charge in [0.05, 0.1) is 11.3 Å². The largest absolute Gasteiger partial charge is 0.492 e. The molecule has 0 bridgehead atoms. The second kappa shape index (κ2) is 5.09. The van der Waals surface area contributed by atoms with Crippen LogP contribution in [-0.4, -0.2) is 45.8 Å². The molecule has 1 aliphatic heterocycles. The first-order valence-corrected chi connectivity index (χ1v) is 5.82. The topological polar surface area (TPSA) is 84.4 Å². The zero-order chi connectivity index (χ0) is 14.0. The Hall–Kier alpha value is -1.75. The molecule has 11 heteroatoms. The SMILES string of the molecule is O=C(Nc1csnn1)C1CN(OC(=O)C(F)(F)F)C1. The molecule has 0 spiro atoms. The predicted octanol–water partition coefficient (Wildman–Crippen LogP) is 0.429.